The average Bonchev–Trinajstić information content (AvgIpc) is 3.09. The molecular weight excluding hydrogens is 601 g/mol. The lowest BCUT2D eigenvalue weighted by atomic mass is 10.1. The van der Waals surface area contributed by atoms with E-state index in [0.717, 1.165) is 31.4 Å². The summed E-state index contributed by atoms with van der Waals surface area (Å²) in [6, 6.07) is 18.6. The number of methoxy groups -OCH3 is 1. The predicted octanol–water partition coefficient (Wildman–Crippen LogP) is 5.61. The Balaban J connectivity index is 1.65. The summed E-state index contributed by atoms with van der Waals surface area (Å²) in [7, 11) is -2.79. The van der Waals surface area contributed by atoms with Crippen LogP contribution >= 0.6 is 34.4 Å². The Morgan fingerprint density at radius 3 is 2.34 bits per heavy atom. The van der Waals surface area contributed by atoms with E-state index in [1.807, 2.05) is 31.2 Å². The lowest BCUT2D eigenvalue weighted by molar-refractivity contribution is -0.123. The van der Waals surface area contributed by atoms with E-state index in [4.69, 9.17) is 8.92 Å². The number of para-hydroxylation sites is 1. The van der Waals surface area contributed by atoms with Crippen LogP contribution in [-0.4, -0.2) is 31.6 Å². The van der Waals surface area contributed by atoms with Gasteiger partial charge in [-0.3, -0.25) is 14.5 Å². The first-order chi connectivity index (χ1) is 16.7. The van der Waals surface area contributed by atoms with Gasteiger partial charge in [-0.25, -0.2) is 0 Å². The maximum absolute atomic E-state index is 13.0. The summed E-state index contributed by atoms with van der Waals surface area (Å²) in [4.78, 5) is 26.9. The van der Waals surface area contributed by atoms with Gasteiger partial charge in [-0.05, 0) is 83.2 Å². The molecule has 180 valence electrons. The standard InChI is InChI=1S/C25H20INO6S2/c1-16-6-12-20(13-7-16)35(30,31)33-23-18(4-3-5-21(23)32-2)14-22-24(28)27(25(29)34-22)15-17-8-10-19(26)11-9-17/h3-14H,15H2,1-2H3/b22-14-. The molecule has 4 rings (SSSR count). The van der Waals surface area contributed by atoms with Gasteiger partial charge in [0.15, 0.2) is 11.5 Å². The van der Waals surface area contributed by atoms with Gasteiger partial charge in [0.05, 0.1) is 18.6 Å². The van der Waals surface area contributed by atoms with E-state index < -0.39 is 21.3 Å². The fraction of sp³-hybridized carbons (Fsp3) is 0.120. The van der Waals surface area contributed by atoms with Crippen LogP contribution in [0, 0.1) is 10.5 Å². The van der Waals surface area contributed by atoms with Gasteiger partial charge >= 0.3 is 10.1 Å². The third kappa shape index (κ3) is 5.71. The first-order valence-corrected chi connectivity index (χ1v) is 13.7. The lowest BCUT2D eigenvalue weighted by Crippen LogP contribution is -2.27. The number of ether oxygens (including phenoxy) is 1. The van der Waals surface area contributed by atoms with Gasteiger partial charge in [-0.2, -0.15) is 8.42 Å². The Labute approximate surface area is 221 Å². The molecule has 1 aliphatic rings. The number of nitrogens with zero attached hydrogens (tertiary/aromatic N) is 1. The Morgan fingerprint density at radius 1 is 1.00 bits per heavy atom. The van der Waals surface area contributed by atoms with Crippen LogP contribution in [0.15, 0.2) is 76.5 Å². The number of rotatable bonds is 7. The van der Waals surface area contributed by atoms with E-state index >= 15 is 0 Å². The highest BCUT2D eigenvalue weighted by molar-refractivity contribution is 14.1. The molecule has 10 heteroatoms. The van der Waals surface area contributed by atoms with Crippen LogP contribution in [0.25, 0.3) is 6.08 Å². The summed E-state index contributed by atoms with van der Waals surface area (Å²) in [5.41, 5.74) is 2.02. The molecule has 0 unspecified atom stereocenters. The maximum Gasteiger partial charge on any atom is 0.339 e. The molecule has 0 saturated carbocycles. The topological polar surface area (TPSA) is 90.0 Å². The molecule has 0 N–H and O–H groups in total. The summed E-state index contributed by atoms with van der Waals surface area (Å²) in [5.74, 6) is -0.360. The zero-order chi connectivity index (χ0) is 25.2. The molecule has 1 aliphatic heterocycles. The number of hydrogen-bond donors (Lipinski definition) is 0. The normalized spacial score (nSPS) is 15.1. The van der Waals surface area contributed by atoms with Crippen LogP contribution in [0.4, 0.5) is 4.79 Å². The molecule has 1 saturated heterocycles. The molecule has 0 aliphatic carbocycles. The first kappa shape index (κ1) is 25.3. The fourth-order valence-corrected chi connectivity index (χ4v) is 5.46. The molecule has 0 aromatic heterocycles. The summed E-state index contributed by atoms with van der Waals surface area (Å²) in [6.45, 7) is 1.99. The Morgan fingerprint density at radius 2 is 1.69 bits per heavy atom. The third-order valence-electron chi connectivity index (χ3n) is 5.15. The van der Waals surface area contributed by atoms with Crippen LogP contribution in [0.3, 0.4) is 0 Å². The van der Waals surface area contributed by atoms with Crippen molar-refractivity contribution in [2.45, 2.75) is 18.4 Å². The number of aryl methyl sites for hydroxylation is 1. The number of halogens is 1. The van der Waals surface area contributed by atoms with E-state index in [9.17, 15) is 18.0 Å². The van der Waals surface area contributed by atoms with Crippen molar-refractivity contribution in [3.05, 3.63) is 91.9 Å². The number of carbonyl (C=O) groups excluding carboxylic acids is 2. The van der Waals surface area contributed by atoms with E-state index in [1.54, 1.807) is 30.3 Å². The summed E-state index contributed by atoms with van der Waals surface area (Å²) in [5, 5.41) is -0.405. The zero-order valence-corrected chi connectivity index (χ0v) is 22.5. The van der Waals surface area contributed by atoms with Crippen molar-refractivity contribution in [2.24, 2.45) is 0 Å². The monoisotopic (exact) mass is 621 g/mol. The van der Waals surface area contributed by atoms with Gasteiger partial charge in [-0.1, -0.05) is 42.0 Å². The molecule has 2 amide bonds. The van der Waals surface area contributed by atoms with Crippen molar-refractivity contribution >= 4 is 61.7 Å². The molecular formula is C25H20INO6S2. The molecule has 0 bridgehead atoms. The molecule has 3 aromatic rings. The van der Waals surface area contributed by atoms with Crippen LogP contribution < -0.4 is 8.92 Å². The smallest absolute Gasteiger partial charge is 0.339 e. The second-order valence-corrected chi connectivity index (χ2v) is 11.4. The molecule has 0 spiro atoms. The largest absolute Gasteiger partial charge is 0.493 e. The van der Waals surface area contributed by atoms with Crippen LogP contribution in [0.2, 0.25) is 0 Å². The van der Waals surface area contributed by atoms with Gasteiger partial charge in [-0.15, -0.1) is 0 Å². The maximum atomic E-state index is 13.0. The highest BCUT2D eigenvalue weighted by Crippen LogP contribution is 2.39. The van der Waals surface area contributed by atoms with Crippen LogP contribution in [0.5, 0.6) is 11.5 Å². The minimum Gasteiger partial charge on any atom is -0.493 e. The van der Waals surface area contributed by atoms with Gasteiger partial charge in [0.25, 0.3) is 11.1 Å². The minimum absolute atomic E-state index is 0.0159. The van der Waals surface area contributed by atoms with Gasteiger partial charge in [0.2, 0.25) is 0 Å². The van der Waals surface area contributed by atoms with Crippen molar-refractivity contribution in [3.8, 4) is 11.5 Å². The third-order valence-corrected chi connectivity index (χ3v) is 8.01. The Hall–Kier alpha value is -2.83. The zero-order valence-electron chi connectivity index (χ0n) is 18.7. The molecule has 1 heterocycles. The number of benzene rings is 3. The van der Waals surface area contributed by atoms with Gasteiger partial charge in [0, 0.05) is 9.13 Å². The number of hydrogen-bond acceptors (Lipinski definition) is 7. The van der Waals surface area contributed by atoms with E-state index in [-0.39, 0.29) is 27.8 Å². The number of imide groups is 1. The summed E-state index contributed by atoms with van der Waals surface area (Å²) in [6.07, 6.45) is 1.45. The predicted molar refractivity (Wildman–Crippen MR) is 143 cm³/mol. The molecule has 0 radical (unpaired) electrons. The van der Waals surface area contributed by atoms with Gasteiger partial charge in [0.1, 0.15) is 4.90 Å². The number of thioether (sulfide) groups is 1. The highest BCUT2D eigenvalue weighted by Gasteiger charge is 2.35. The molecule has 0 atom stereocenters. The molecule has 3 aromatic carbocycles. The fourth-order valence-electron chi connectivity index (χ4n) is 3.31. The van der Waals surface area contributed by atoms with Crippen molar-refractivity contribution in [1.29, 1.82) is 0 Å². The Kier molecular flexibility index (Phi) is 7.53. The summed E-state index contributed by atoms with van der Waals surface area (Å²) < 4.78 is 37.7. The van der Waals surface area contributed by atoms with Crippen molar-refractivity contribution in [3.63, 3.8) is 0 Å². The second-order valence-electron chi connectivity index (χ2n) is 7.62. The van der Waals surface area contributed by atoms with Crippen LogP contribution in [-0.2, 0) is 21.5 Å². The second kappa shape index (κ2) is 10.4. The van der Waals surface area contributed by atoms with Gasteiger partial charge < -0.3 is 8.92 Å². The van der Waals surface area contributed by atoms with Crippen molar-refractivity contribution in [2.75, 3.05) is 7.11 Å². The summed E-state index contributed by atoms with van der Waals surface area (Å²) >= 11 is 2.97. The van der Waals surface area contributed by atoms with Crippen molar-refractivity contribution in [1.82, 2.24) is 4.90 Å². The SMILES string of the molecule is COc1cccc(/C=C2\SC(=O)N(Cc3ccc(I)cc3)C2=O)c1OS(=O)(=O)c1ccc(C)cc1. The first-order valence-electron chi connectivity index (χ1n) is 10.4. The van der Waals surface area contributed by atoms with E-state index in [1.165, 1.54) is 25.3 Å². The lowest BCUT2D eigenvalue weighted by Gasteiger charge is -2.14. The quantitative estimate of drug-likeness (QED) is 0.193. The van der Waals surface area contributed by atoms with E-state index in [0.29, 0.717) is 5.56 Å². The Bertz CT molecular complexity index is 1420. The molecule has 35 heavy (non-hydrogen) atoms. The van der Waals surface area contributed by atoms with E-state index in [2.05, 4.69) is 22.6 Å². The molecule has 7 nitrogen and oxygen atoms in total. The average molecular weight is 621 g/mol. The molecule has 1 fully saturated rings. The number of carbonyl (C=O) groups is 2. The minimum atomic E-state index is -4.18. The highest BCUT2D eigenvalue weighted by atomic mass is 127. The number of amides is 2. The van der Waals surface area contributed by atoms with Crippen molar-refractivity contribution < 1.29 is 26.9 Å². The van der Waals surface area contributed by atoms with Crippen LogP contribution in [0.1, 0.15) is 16.7 Å².